The van der Waals surface area contributed by atoms with Gasteiger partial charge in [0.25, 0.3) is 0 Å². The van der Waals surface area contributed by atoms with Crippen LogP contribution < -0.4 is 0 Å². The summed E-state index contributed by atoms with van der Waals surface area (Å²) in [6.45, 7) is 3.34. The van der Waals surface area contributed by atoms with Crippen molar-refractivity contribution in [3.63, 3.8) is 0 Å². The third kappa shape index (κ3) is 4.27. The van der Waals surface area contributed by atoms with Crippen LogP contribution in [0.5, 0.6) is 0 Å². The van der Waals surface area contributed by atoms with E-state index in [2.05, 4.69) is 4.90 Å². The Kier molecular flexibility index (Phi) is 5.66. The van der Waals surface area contributed by atoms with E-state index in [1.165, 1.54) is 19.3 Å². The zero-order valence-corrected chi connectivity index (χ0v) is 13.3. The molecule has 21 heavy (non-hydrogen) atoms. The monoisotopic (exact) mass is 311 g/mol. The molecule has 0 aliphatic carbocycles. The third-order valence-electron chi connectivity index (χ3n) is 4.44. The van der Waals surface area contributed by atoms with Crippen LogP contribution in [0.25, 0.3) is 0 Å². The van der Waals surface area contributed by atoms with Gasteiger partial charge in [-0.1, -0.05) is 18.9 Å². The molecule has 2 unspecified atom stereocenters. The molecule has 0 saturated carbocycles. The third-order valence-corrected chi connectivity index (χ3v) is 5.41. The number of hydrogen-bond donors (Lipinski definition) is 1. The molecule has 1 aromatic heterocycles. The lowest BCUT2D eigenvalue weighted by Crippen LogP contribution is -2.41. The van der Waals surface area contributed by atoms with E-state index >= 15 is 0 Å². The molecule has 0 radical (unpaired) electrons. The van der Waals surface area contributed by atoms with E-state index in [-0.39, 0.29) is 12.4 Å². The first kappa shape index (κ1) is 15.4. The van der Waals surface area contributed by atoms with E-state index in [4.69, 9.17) is 9.47 Å². The highest BCUT2D eigenvalue weighted by Gasteiger charge is 2.28. The Balaban J connectivity index is 1.60. The van der Waals surface area contributed by atoms with Crippen LogP contribution in [0.3, 0.4) is 0 Å². The smallest absolute Gasteiger partial charge is 0.170 e. The molecule has 1 N–H and O–H groups in total. The highest BCUT2D eigenvalue weighted by atomic mass is 32.1. The highest BCUT2D eigenvalue weighted by Crippen LogP contribution is 2.29. The lowest BCUT2D eigenvalue weighted by molar-refractivity contribution is -0.0709. The summed E-state index contributed by atoms with van der Waals surface area (Å²) in [5.41, 5.74) is 0. The summed E-state index contributed by atoms with van der Waals surface area (Å²) < 4.78 is 11.2. The largest absolute Gasteiger partial charge is 0.388 e. The molecule has 4 nitrogen and oxygen atoms in total. The second-order valence-corrected chi connectivity index (χ2v) is 6.92. The number of thiophene rings is 1. The highest BCUT2D eigenvalue weighted by molar-refractivity contribution is 7.10. The van der Waals surface area contributed by atoms with Gasteiger partial charge in [-0.3, -0.25) is 4.90 Å². The Hall–Kier alpha value is -0.460. The van der Waals surface area contributed by atoms with Gasteiger partial charge in [0.1, 0.15) is 0 Å². The Morgan fingerprint density at radius 3 is 2.90 bits per heavy atom. The van der Waals surface area contributed by atoms with E-state index in [9.17, 15) is 5.11 Å². The Morgan fingerprint density at radius 2 is 2.14 bits per heavy atom. The number of aliphatic hydroxyl groups is 1. The van der Waals surface area contributed by atoms with Crippen LogP contribution in [0, 0.1) is 0 Å². The molecular formula is C16H25NO3S. The Bertz CT molecular complexity index is 406. The Morgan fingerprint density at radius 1 is 1.29 bits per heavy atom. The topological polar surface area (TPSA) is 41.9 Å². The quantitative estimate of drug-likeness (QED) is 0.908. The van der Waals surface area contributed by atoms with Crippen LogP contribution in [0.2, 0.25) is 0 Å². The maximum atomic E-state index is 10.5. The molecule has 0 amide bonds. The van der Waals surface area contributed by atoms with Gasteiger partial charge in [0.15, 0.2) is 6.29 Å². The van der Waals surface area contributed by atoms with Crippen LogP contribution in [0.1, 0.15) is 43.1 Å². The molecule has 2 fully saturated rings. The van der Waals surface area contributed by atoms with Gasteiger partial charge < -0.3 is 14.6 Å². The SMILES string of the molecule is OC(CC1CCCCCN1CC1OCCO1)c1cccs1. The molecule has 5 heteroatoms. The number of likely N-dealkylation sites (tertiary alicyclic amines) is 1. The first-order chi connectivity index (χ1) is 10.3. The van der Waals surface area contributed by atoms with E-state index in [0.717, 1.165) is 30.8 Å². The van der Waals surface area contributed by atoms with Crippen molar-refractivity contribution in [3.05, 3.63) is 22.4 Å². The summed E-state index contributed by atoms with van der Waals surface area (Å²) in [5, 5.41) is 12.5. The van der Waals surface area contributed by atoms with Gasteiger partial charge in [-0.25, -0.2) is 0 Å². The number of ether oxygens (including phenoxy) is 2. The minimum atomic E-state index is -0.346. The molecule has 2 aliphatic rings. The van der Waals surface area contributed by atoms with Crippen molar-refractivity contribution in [2.45, 2.75) is 50.5 Å². The maximum absolute atomic E-state index is 10.5. The number of nitrogens with zero attached hydrogens (tertiary/aromatic N) is 1. The summed E-state index contributed by atoms with van der Waals surface area (Å²) in [6, 6.07) is 4.46. The Labute approximate surface area is 130 Å². The lowest BCUT2D eigenvalue weighted by Gasteiger charge is -2.32. The molecule has 0 spiro atoms. The number of aliphatic hydroxyl groups excluding tert-OH is 1. The van der Waals surface area contributed by atoms with Crippen molar-refractivity contribution in [1.82, 2.24) is 4.90 Å². The summed E-state index contributed by atoms with van der Waals surface area (Å²) in [7, 11) is 0. The standard InChI is InChI=1S/C16H25NO3S/c18-14(15-6-4-10-21-15)11-13-5-2-1-3-7-17(13)12-16-19-8-9-20-16/h4,6,10,13-14,16,18H,1-3,5,7-9,11-12H2. The molecule has 3 heterocycles. The summed E-state index contributed by atoms with van der Waals surface area (Å²) >= 11 is 1.64. The fourth-order valence-corrected chi connectivity index (χ4v) is 4.03. The van der Waals surface area contributed by atoms with Crippen molar-refractivity contribution in [3.8, 4) is 0 Å². The van der Waals surface area contributed by atoms with Crippen molar-refractivity contribution < 1.29 is 14.6 Å². The van der Waals surface area contributed by atoms with Crippen LogP contribution >= 0.6 is 11.3 Å². The summed E-state index contributed by atoms with van der Waals surface area (Å²) in [5.74, 6) is 0. The molecule has 1 aromatic rings. The van der Waals surface area contributed by atoms with Gasteiger partial charge in [-0.15, -0.1) is 11.3 Å². The second kappa shape index (κ2) is 7.70. The molecular weight excluding hydrogens is 286 g/mol. The zero-order valence-electron chi connectivity index (χ0n) is 12.4. The predicted octanol–water partition coefficient (Wildman–Crippen LogP) is 2.79. The molecule has 2 saturated heterocycles. The van der Waals surface area contributed by atoms with Crippen LogP contribution in [-0.4, -0.2) is 48.6 Å². The fraction of sp³-hybridized carbons (Fsp3) is 0.750. The molecule has 118 valence electrons. The van der Waals surface area contributed by atoms with Crippen LogP contribution in [0.15, 0.2) is 17.5 Å². The van der Waals surface area contributed by atoms with Crippen molar-refractivity contribution in [2.75, 3.05) is 26.3 Å². The van der Waals surface area contributed by atoms with Gasteiger partial charge in [0, 0.05) is 17.5 Å². The molecule has 0 bridgehead atoms. The summed E-state index contributed by atoms with van der Waals surface area (Å²) in [4.78, 5) is 3.55. The average Bonchev–Trinajstić information content (AvgIpc) is 3.14. The number of rotatable bonds is 5. The van der Waals surface area contributed by atoms with Crippen LogP contribution in [0.4, 0.5) is 0 Å². The van der Waals surface area contributed by atoms with Crippen molar-refractivity contribution >= 4 is 11.3 Å². The van der Waals surface area contributed by atoms with E-state index < -0.39 is 0 Å². The van der Waals surface area contributed by atoms with Crippen LogP contribution in [-0.2, 0) is 9.47 Å². The second-order valence-electron chi connectivity index (χ2n) is 5.94. The predicted molar refractivity (Wildman–Crippen MR) is 83.4 cm³/mol. The van der Waals surface area contributed by atoms with Crippen molar-refractivity contribution in [2.24, 2.45) is 0 Å². The summed E-state index contributed by atoms with van der Waals surface area (Å²) in [6.07, 6.45) is 5.32. The number of hydrogen-bond acceptors (Lipinski definition) is 5. The van der Waals surface area contributed by atoms with E-state index in [1.54, 1.807) is 11.3 Å². The normalized spacial score (nSPS) is 26.8. The molecule has 2 aliphatic heterocycles. The van der Waals surface area contributed by atoms with Gasteiger partial charge in [0.05, 0.1) is 19.3 Å². The molecule has 0 aromatic carbocycles. The first-order valence-electron chi connectivity index (χ1n) is 8.01. The van der Waals surface area contributed by atoms with Gasteiger partial charge in [0.2, 0.25) is 0 Å². The molecule has 2 atom stereocenters. The average molecular weight is 311 g/mol. The van der Waals surface area contributed by atoms with Gasteiger partial charge in [-0.05, 0) is 37.3 Å². The lowest BCUT2D eigenvalue weighted by atomic mass is 10.0. The molecule has 3 rings (SSSR count). The minimum absolute atomic E-state index is 0.0792. The van der Waals surface area contributed by atoms with E-state index in [0.29, 0.717) is 19.3 Å². The maximum Gasteiger partial charge on any atom is 0.170 e. The fourth-order valence-electron chi connectivity index (χ4n) is 3.30. The first-order valence-corrected chi connectivity index (χ1v) is 8.89. The van der Waals surface area contributed by atoms with E-state index in [1.807, 2.05) is 17.5 Å². The van der Waals surface area contributed by atoms with Gasteiger partial charge >= 0.3 is 0 Å². The van der Waals surface area contributed by atoms with Crippen molar-refractivity contribution in [1.29, 1.82) is 0 Å². The minimum Gasteiger partial charge on any atom is -0.388 e. The van der Waals surface area contributed by atoms with Gasteiger partial charge in [-0.2, -0.15) is 0 Å². The zero-order chi connectivity index (χ0) is 14.5.